The summed E-state index contributed by atoms with van der Waals surface area (Å²) in [5.74, 6) is 0. The van der Waals surface area contributed by atoms with Gasteiger partial charge in [0.1, 0.15) is 0 Å². The van der Waals surface area contributed by atoms with Crippen LogP contribution in [0.25, 0.3) is 5.57 Å². The van der Waals surface area contributed by atoms with E-state index in [9.17, 15) is 0 Å². The first-order valence-electron chi connectivity index (χ1n) is 7.38. The summed E-state index contributed by atoms with van der Waals surface area (Å²) < 4.78 is 0. The zero-order valence-electron chi connectivity index (χ0n) is 12.4. The lowest BCUT2D eigenvalue weighted by Crippen LogP contribution is -1.90. The number of benzene rings is 2. The molecule has 0 fully saturated rings. The topological polar surface area (TPSA) is 0 Å². The maximum Gasteiger partial charge on any atom is -0.00801 e. The van der Waals surface area contributed by atoms with Gasteiger partial charge in [0.25, 0.3) is 0 Å². The molecule has 0 nitrogen and oxygen atoms in total. The number of rotatable bonds is 6. The predicted molar refractivity (Wildman–Crippen MR) is 92.7 cm³/mol. The third-order valence-corrected chi connectivity index (χ3v) is 4.80. The van der Waals surface area contributed by atoms with Gasteiger partial charge in [-0.3, -0.25) is 0 Å². The molecule has 0 aliphatic heterocycles. The van der Waals surface area contributed by atoms with Crippen molar-refractivity contribution in [1.82, 2.24) is 0 Å². The molecular weight excluding hydrogens is 259 g/mol. The summed E-state index contributed by atoms with van der Waals surface area (Å²) in [5.41, 5.74) is 4.08. The first kappa shape index (κ1) is 15.0. The second-order valence-corrected chi connectivity index (χ2v) is 6.62. The highest BCUT2D eigenvalue weighted by Crippen LogP contribution is 2.36. The highest BCUT2D eigenvalue weighted by atomic mass is 31.1. The van der Waals surface area contributed by atoms with Crippen molar-refractivity contribution in [2.45, 2.75) is 26.7 Å². The lowest BCUT2D eigenvalue weighted by atomic mass is 9.98. The molecule has 1 unspecified atom stereocenters. The minimum Gasteiger partial charge on any atom is -0.0945 e. The smallest absolute Gasteiger partial charge is 0.00801 e. The summed E-state index contributed by atoms with van der Waals surface area (Å²) >= 11 is 0. The maximum absolute atomic E-state index is 2.30. The van der Waals surface area contributed by atoms with Crippen LogP contribution in [0, 0.1) is 0 Å². The van der Waals surface area contributed by atoms with Crippen LogP contribution < -0.4 is 0 Å². The molecule has 0 spiro atoms. The molecule has 2 rings (SSSR count). The zero-order valence-corrected chi connectivity index (χ0v) is 13.4. The maximum atomic E-state index is 2.30. The second kappa shape index (κ2) is 8.02. The SMILES string of the molecule is CCCCPC(C)=C(c1ccccc1)c1ccccc1. The van der Waals surface area contributed by atoms with Gasteiger partial charge in [-0.1, -0.05) is 82.6 Å². The van der Waals surface area contributed by atoms with E-state index in [-0.39, 0.29) is 0 Å². The minimum atomic E-state index is 0.924. The molecule has 0 heterocycles. The van der Waals surface area contributed by atoms with Crippen LogP contribution in [0.4, 0.5) is 0 Å². The summed E-state index contributed by atoms with van der Waals surface area (Å²) in [4.78, 5) is 0. The van der Waals surface area contributed by atoms with E-state index in [1.165, 1.54) is 41.0 Å². The molecular formula is C19H23P. The van der Waals surface area contributed by atoms with Crippen LogP contribution in [0.15, 0.2) is 66.0 Å². The summed E-state index contributed by atoms with van der Waals surface area (Å²) in [7, 11) is 0.924. The molecule has 1 atom stereocenters. The highest BCUT2D eigenvalue weighted by Gasteiger charge is 2.08. The Morgan fingerprint density at radius 2 is 1.35 bits per heavy atom. The fourth-order valence-corrected chi connectivity index (χ4v) is 3.72. The molecule has 1 heteroatoms. The van der Waals surface area contributed by atoms with Gasteiger partial charge in [-0.15, -0.1) is 0 Å². The van der Waals surface area contributed by atoms with Crippen LogP contribution in [-0.4, -0.2) is 6.16 Å². The molecule has 0 radical (unpaired) electrons. The standard InChI is InChI=1S/C19H23P/c1-3-4-15-20-16(2)19(17-11-7-5-8-12-17)18-13-9-6-10-14-18/h5-14,20H,3-4,15H2,1-2H3. The zero-order chi connectivity index (χ0) is 14.2. The van der Waals surface area contributed by atoms with Crippen LogP contribution in [-0.2, 0) is 0 Å². The summed E-state index contributed by atoms with van der Waals surface area (Å²) in [6, 6.07) is 21.5. The van der Waals surface area contributed by atoms with Gasteiger partial charge in [0.2, 0.25) is 0 Å². The number of unbranched alkanes of at least 4 members (excludes halogenated alkanes) is 1. The number of allylic oxidation sites excluding steroid dienone is 1. The Labute approximate surface area is 124 Å². The third-order valence-electron chi connectivity index (χ3n) is 3.42. The van der Waals surface area contributed by atoms with Gasteiger partial charge in [-0.05, 0) is 41.5 Å². The molecule has 0 aromatic heterocycles. The largest absolute Gasteiger partial charge is 0.0945 e. The van der Waals surface area contributed by atoms with Crippen molar-refractivity contribution < 1.29 is 0 Å². The summed E-state index contributed by atoms with van der Waals surface area (Å²) in [5, 5.41) is 1.52. The van der Waals surface area contributed by atoms with Crippen LogP contribution in [0.2, 0.25) is 0 Å². The first-order valence-corrected chi connectivity index (χ1v) is 8.59. The van der Waals surface area contributed by atoms with Crippen LogP contribution in [0.5, 0.6) is 0 Å². The average molecular weight is 282 g/mol. The van der Waals surface area contributed by atoms with Gasteiger partial charge < -0.3 is 0 Å². The summed E-state index contributed by atoms with van der Waals surface area (Å²) in [6.45, 7) is 4.56. The molecule has 0 amide bonds. The van der Waals surface area contributed by atoms with Crippen molar-refractivity contribution in [3.63, 3.8) is 0 Å². The number of hydrogen-bond donors (Lipinski definition) is 0. The number of hydrogen-bond acceptors (Lipinski definition) is 0. The van der Waals surface area contributed by atoms with E-state index < -0.39 is 0 Å². The molecule has 20 heavy (non-hydrogen) atoms. The van der Waals surface area contributed by atoms with Gasteiger partial charge in [0.15, 0.2) is 0 Å². The van der Waals surface area contributed by atoms with Crippen molar-refractivity contribution in [1.29, 1.82) is 0 Å². The Balaban J connectivity index is 2.37. The quantitative estimate of drug-likeness (QED) is 0.454. The van der Waals surface area contributed by atoms with E-state index in [4.69, 9.17) is 0 Å². The molecule has 0 saturated heterocycles. The van der Waals surface area contributed by atoms with E-state index in [0.29, 0.717) is 0 Å². The van der Waals surface area contributed by atoms with E-state index in [2.05, 4.69) is 74.5 Å². The predicted octanol–water partition coefficient (Wildman–Crippen LogP) is 5.94. The van der Waals surface area contributed by atoms with Crippen molar-refractivity contribution in [2.24, 2.45) is 0 Å². The molecule has 0 aliphatic carbocycles. The van der Waals surface area contributed by atoms with Gasteiger partial charge in [0.05, 0.1) is 0 Å². The summed E-state index contributed by atoms with van der Waals surface area (Å²) in [6.07, 6.45) is 3.92. The Hall–Kier alpha value is -1.39. The fraction of sp³-hybridized carbons (Fsp3) is 0.263. The Morgan fingerprint density at radius 1 is 0.850 bits per heavy atom. The van der Waals surface area contributed by atoms with E-state index >= 15 is 0 Å². The van der Waals surface area contributed by atoms with E-state index in [1.807, 2.05) is 0 Å². The van der Waals surface area contributed by atoms with E-state index in [1.54, 1.807) is 0 Å². The minimum absolute atomic E-state index is 0.924. The van der Waals surface area contributed by atoms with E-state index in [0.717, 1.165) is 8.58 Å². The Morgan fingerprint density at radius 3 is 1.80 bits per heavy atom. The van der Waals surface area contributed by atoms with Crippen molar-refractivity contribution >= 4 is 14.2 Å². The van der Waals surface area contributed by atoms with Crippen LogP contribution in [0.3, 0.4) is 0 Å². The monoisotopic (exact) mass is 282 g/mol. The third kappa shape index (κ3) is 4.05. The molecule has 2 aromatic rings. The fourth-order valence-electron chi connectivity index (χ4n) is 2.35. The Bertz CT molecular complexity index is 499. The highest BCUT2D eigenvalue weighted by molar-refractivity contribution is 7.43. The van der Waals surface area contributed by atoms with Crippen molar-refractivity contribution in [3.05, 3.63) is 77.1 Å². The average Bonchev–Trinajstić information content (AvgIpc) is 2.50. The first-order chi connectivity index (χ1) is 9.83. The molecule has 0 saturated carbocycles. The van der Waals surface area contributed by atoms with Crippen molar-refractivity contribution in [2.75, 3.05) is 6.16 Å². The molecule has 0 bridgehead atoms. The molecule has 104 valence electrons. The normalized spacial score (nSPS) is 10.9. The van der Waals surface area contributed by atoms with Gasteiger partial charge in [-0.25, -0.2) is 0 Å². The molecule has 2 aromatic carbocycles. The Kier molecular flexibility index (Phi) is 6.02. The van der Waals surface area contributed by atoms with Gasteiger partial charge >= 0.3 is 0 Å². The molecule has 0 N–H and O–H groups in total. The lowest BCUT2D eigenvalue weighted by Gasteiger charge is -2.13. The van der Waals surface area contributed by atoms with Crippen LogP contribution >= 0.6 is 8.58 Å². The molecule has 0 aliphatic rings. The van der Waals surface area contributed by atoms with Crippen LogP contribution in [0.1, 0.15) is 37.8 Å². The van der Waals surface area contributed by atoms with Crippen molar-refractivity contribution in [3.8, 4) is 0 Å². The second-order valence-electron chi connectivity index (χ2n) is 5.01. The van der Waals surface area contributed by atoms with Gasteiger partial charge in [-0.2, -0.15) is 0 Å². The lowest BCUT2D eigenvalue weighted by molar-refractivity contribution is 0.895. The van der Waals surface area contributed by atoms with Gasteiger partial charge in [0, 0.05) is 0 Å².